The Hall–Kier alpha value is -1.06. The molecule has 38 valence electrons. The molecule has 0 aromatic rings. The summed E-state index contributed by atoms with van der Waals surface area (Å²) in [5, 5.41) is 22.2. The van der Waals surface area contributed by atoms with E-state index in [4.69, 9.17) is 15.6 Å². The van der Waals surface area contributed by atoms with Crippen LogP contribution in [-0.2, 0) is 0 Å². The lowest BCUT2D eigenvalue weighted by molar-refractivity contribution is 0.348. The molecule has 7 heavy (non-hydrogen) atoms. The lowest BCUT2D eigenvalue weighted by atomic mass is 10.9. The largest absolute Gasteiger partial charge is 0.381 e. The van der Waals surface area contributed by atoms with Crippen LogP contribution in [0.1, 0.15) is 6.92 Å². The molecule has 0 saturated carbocycles. The topological polar surface area (TPSA) is 67.8 Å². The molecule has 0 fully saturated rings. The number of rotatable bonds is 0. The van der Waals surface area contributed by atoms with Gasteiger partial charge in [-0.05, 0) is 0 Å². The molecule has 1 N–H and O–H groups in total. The Morgan fingerprint density at radius 1 is 1.57 bits per heavy atom. The molecule has 0 aliphatic carbocycles. The predicted octanol–water partition coefficient (Wildman–Crippen LogP) is 0.0322. The van der Waals surface area contributed by atoms with Gasteiger partial charge < -0.3 is 5.11 Å². The van der Waals surface area contributed by atoms with Gasteiger partial charge >= 0.3 is 0 Å². The van der Waals surface area contributed by atoms with Gasteiger partial charge in [-0.25, -0.2) is 0 Å². The van der Waals surface area contributed by atoms with Gasteiger partial charge in [-0.2, -0.15) is 10.5 Å². The Balaban J connectivity index is 0. The molecule has 0 heterocycles. The highest BCUT2D eigenvalue weighted by atomic mass is 16.2. The number of aliphatic hydroxyl groups excluding tert-OH is 1. The molecule has 0 radical (unpaired) electrons. The highest BCUT2D eigenvalue weighted by Crippen LogP contribution is 1.34. The molecular formula is C4H6N2O. The predicted molar refractivity (Wildman–Crippen MR) is 24.0 cm³/mol. The van der Waals surface area contributed by atoms with Gasteiger partial charge in [0, 0.05) is 6.92 Å². The molecule has 0 saturated heterocycles. The number of nitrogens with zero attached hydrogens (tertiary/aromatic N) is 2. The molecular weight excluding hydrogens is 92.1 g/mol. The Labute approximate surface area is 42.4 Å². The monoisotopic (exact) mass is 98.0 g/mol. The molecule has 0 rings (SSSR count). The highest BCUT2D eigenvalue weighted by Gasteiger charge is 1.49. The van der Waals surface area contributed by atoms with Crippen molar-refractivity contribution >= 4 is 0 Å². The molecule has 0 amide bonds. The van der Waals surface area contributed by atoms with Crippen LogP contribution in [0.25, 0.3) is 0 Å². The van der Waals surface area contributed by atoms with Crippen molar-refractivity contribution in [1.82, 2.24) is 0 Å². The van der Waals surface area contributed by atoms with E-state index in [1.54, 1.807) is 6.07 Å². The van der Waals surface area contributed by atoms with Gasteiger partial charge in [0.1, 0.15) is 6.61 Å². The van der Waals surface area contributed by atoms with E-state index in [1.165, 1.54) is 13.0 Å². The van der Waals surface area contributed by atoms with Crippen LogP contribution in [0, 0.1) is 22.7 Å². The van der Waals surface area contributed by atoms with E-state index in [0.717, 1.165) is 0 Å². The van der Waals surface area contributed by atoms with Gasteiger partial charge in [-0.1, -0.05) is 0 Å². The first-order chi connectivity index (χ1) is 3.33. The van der Waals surface area contributed by atoms with Crippen LogP contribution < -0.4 is 0 Å². The summed E-state index contributed by atoms with van der Waals surface area (Å²) in [6, 6.07) is 3.24. The van der Waals surface area contributed by atoms with Gasteiger partial charge in [-0.3, -0.25) is 0 Å². The molecule has 0 aliphatic heterocycles. The number of hydrogen-bond donors (Lipinski definition) is 1. The third-order valence-corrected chi connectivity index (χ3v) is 0.0707. The number of hydrogen-bond acceptors (Lipinski definition) is 3. The highest BCUT2D eigenvalue weighted by molar-refractivity contribution is 4.63. The SMILES string of the molecule is CC#N.N#CCO. The van der Waals surface area contributed by atoms with Crippen LogP contribution in [0.3, 0.4) is 0 Å². The quantitative estimate of drug-likeness (QED) is 0.434. The Kier molecular flexibility index (Phi) is 27.2. The van der Waals surface area contributed by atoms with Crippen molar-refractivity contribution in [1.29, 1.82) is 10.5 Å². The van der Waals surface area contributed by atoms with E-state index in [1.807, 2.05) is 0 Å². The zero-order chi connectivity index (χ0) is 6.12. The summed E-state index contributed by atoms with van der Waals surface area (Å²) in [5.74, 6) is 0. The zero-order valence-electron chi connectivity index (χ0n) is 4.05. The van der Waals surface area contributed by atoms with Crippen molar-refractivity contribution in [2.75, 3.05) is 6.61 Å². The Morgan fingerprint density at radius 3 is 1.71 bits per heavy atom. The van der Waals surface area contributed by atoms with Gasteiger partial charge in [0.2, 0.25) is 0 Å². The Bertz CT molecular complexity index is 86.8. The molecule has 0 aliphatic rings. The number of aliphatic hydroxyl groups is 1. The van der Waals surface area contributed by atoms with Crippen molar-refractivity contribution in [2.45, 2.75) is 6.92 Å². The minimum atomic E-state index is -0.375. The summed E-state index contributed by atoms with van der Waals surface area (Å²) in [6.07, 6.45) is 0. The third-order valence-electron chi connectivity index (χ3n) is 0.0707. The second-order valence-corrected chi connectivity index (χ2v) is 0.540. The van der Waals surface area contributed by atoms with E-state index >= 15 is 0 Å². The summed E-state index contributed by atoms with van der Waals surface area (Å²) in [4.78, 5) is 0. The lowest BCUT2D eigenvalue weighted by Gasteiger charge is -1.50. The van der Waals surface area contributed by atoms with E-state index in [-0.39, 0.29) is 6.61 Å². The van der Waals surface area contributed by atoms with Gasteiger partial charge in [0.25, 0.3) is 0 Å². The molecule has 0 spiro atoms. The fourth-order valence-corrected chi connectivity index (χ4v) is 0. The second kappa shape index (κ2) is 20.4. The first-order valence-electron chi connectivity index (χ1n) is 1.62. The summed E-state index contributed by atoms with van der Waals surface area (Å²) in [6.45, 7) is 1.06. The van der Waals surface area contributed by atoms with Crippen molar-refractivity contribution in [3.05, 3.63) is 0 Å². The molecule has 0 bridgehead atoms. The van der Waals surface area contributed by atoms with Crippen molar-refractivity contribution < 1.29 is 5.11 Å². The lowest BCUT2D eigenvalue weighted by Crippen LogP contribution is -1.64. The smallest absolute Gasteiger partial charge is 0.130 e. The molecule has 0 unspecified atom stereocenters. The van der Waals surface area contributed by atoms with Crippen LogP contribution >= 0.6 is 0 Å². The van der Waals surface area contributed by atoms with Crippen LogP contribution in [0.4, 0.5) is 0 Å². The van der Waals surface area contributed by atoms with Crippen LogP contribution in [-0.4, -0.2) is 11.7 Å². The molecule has 0 aromatic carbocycles. The van der Waals surface area contributed by atoms with Crippen molar-refractivity contribution in [2.24, 2.45) is 0 Å². The van der Waals surface area contributed by atoms with Gasteiger partial charge in [-0.15, -0.1) is 0 Å². The zero-order valence-corrected chi connectivity index (χ0v) is 4.05. The first kappa shape index (κ1) is 9.34. The maximum absolute atomic E-state index is 7.51. The fraction of sp³-hybridized carbons (Fsp3) is 0.500. The van der Waals surface area contributed by atoms with Gasteiger partial charge in [0.05, 0.1) is 12.1 Å². The summed E-state index contributed by atoms with van der Waals surface area (Å²) in [5.41, 5.74) is 0. The maximum Gasteiger partial charge on any atom is 0.130 e. The molecule has 3 heteroatoms. The van der Waals surface area contributed by atoms with E-state index in [2.05, 4.69) is 0 Å². The summed E-state index contributed by atoms with van der Waals surface area (Å²) < 4.78 is 0. The summed E-state index contributed by atoms with van der Waals surface area (Å²) in [7, 11) is 0. The maximum atomic E-state index is 7.51. The van der Waals surface area contributed by atoms with Crippen LogP contribution in [0.2, 0.25) is 0 Å². The van der Waals surface area contributed by atoms with Gasteiger partial charge in [0.15, 0.2) is 0 Å². The molecule has 0 atom stereocenters. The first-order valence-corrected chi connectivity index (χ1v) is 1.62. The molecule has 3 nitrogen and oxygen atoms in total. The Morgan fingerprint density at radius 2 is 1.71 bits per heavy atom. The second-order valence-electron chi connectivity index (χ2n) is 0.540. The average Bonchev–Trinajstić information content (AvgIpc) is 1.69. The average molecular weight is 98.1 g/mol. The minimum absolute atomic E-state index is 0.375. The third kappa shape index (κ3) is 11900. The normalized spacial score (nSPS) is 4.00. The van der Waals surface area contributed by atoms with Crippen LogP contribution in [0.15, 0.2) is 0 Å². The standard InChI is InChI=1S/C2H3NO.C2H3N/c3-1-2-4;1-2-3/h4H,2H2;1H3. The van der Waals surface area contributed by atoms with Crippen molar-refractivity contribution in [3.8, 4) is 12.1 Å². The van der Waals surface area contributed by atoms with Crippen molar-refractivity contribution in [3.63, 3.8) is 0 Å². The fourth-order valence-electron chi connectivity index (χ4n) is 0. The van der Waals surface area contributed by atoms with E-state index in [0.29, 0.717) is 0 Å². The summed E-state index contributed by atoms with van der Waals surface area (Å²) >= 11 is 0. The number of nitriles is 2. The van der Waals surface area contributed by atoms with E-state index in [9.17, 15) is 0 Å². The minimum Gasteiger partial charge on any atom is -0.381 e. The van der Waals surface area contributed by atoms with Crippen LogP contribution in [0.5, 0.6) is 0 Å². The van der Waals surface area contributed by atoms with E-state index < -0.39 is 0 Å². The molecule has 0 aromatic heterocycles.